The third kappa shape index (κ3) is 1.65. The second kappa shape index (κ2) is 3.34. The summed E-state index contributed by atoms with van der Waals surface area (Å²) in [5, 5.41) is 0. The van der Waals surface area contributed by atoms with Gasteiger partial charge in [0.15, 0.2) is 0 Å². The number of anilines is 1. The maximum absolute atomic E-state index is 5.66. The van der Waals surface area contributed by atoms with E-state index >= 15 is 0 Å². The van der Waals surface area contributed by atoms with Gasteiger partial charge in [-0.2, -0.15) is 0 Å². The van der Waals surface area contributed by atoms with E-state index in [0.717, 1.165) is 30.6 Å². The Labute approximate surface area is 77.9 Å². The molecule has 13 heavy (non-hydrogen) atoms. The second-order valence-corrected chi connectivity index (χ2v) is 3.47. The SMILES string of the molecule is COC1CCc2cc(N)cnc2C1. The molecule has 1 aliphatic carbocycles. The highest BCUT2D eigenvalue weighted by Gasteiger charge is 2.18. The number of methoxy groups -OCH3 is 1. The third-order valence-electron chi connectivity index (χ3n) is 2.57. The number of pyridine rings is 1. The molecule has 1 aliphatic rings. The van der Waals surface area contributed by atoms with Crippen molar-refractivity contribution >= 4 is 5.69 Å². The molecular weight excluding hydrogens is 164 g/mol. The number of aryl methyl sites for hydroxylation is 1. The summed E-state index contributed by atoms with van der Waals surface area (Å²) < 4.78 is 5.31. The number of hydrogen-bond donors (Lipinski definition) is 1. The lowest BCUT2D eigenvalue weighted by atomic mass is 9.93. The van der Waals surface area contributed by atoms with Crippen molar-refractivity contribution in [2.45, 2.75) is 25.4 Å². The number of nitrogen functional groups attached to an aromatic ring is 1. The molecule has 1 aromatic rings. The Morgan fingerprint density at radius 2 is 2.46 bits per heavy atom. The van der Waals surface area contributed by atoms with Gasteiger partial charge in [0.1, 0.15) is 0 Å². The highest BCUT2D eigenvalue weighted by molar-refractivity contribution is 5.41. The molecule has 1 aromatic heterocycles. The first-order valence-electron chi connectivity index (χ1n) is 4.55. The fraction of sp³-hybridized carbons (Fsp3) is 0.500. The molecule has 0 aromatic carbocycles. The highest BCUT2D eigenvalue weighted by atomic mass is 16.5. The van der Waals surface area contributed by atoms with Gasteiger partial charge in [0.25, 0.3) is 0 Å². The second-order valence-electron chi connectivity index (χ2n) is 3.47. The van der Waals surface area contributed by atoms with Crippen molar-refractivity contribution in [1.29, 1.82) is 0 Å². The van der Waals surface area contributed by atoms with E-state index in [-0.39, 0.29) is 0 Å². The molecule has 0 bridgehead atoms. The van der Waals surface area contributed by atoms with E-state index in [1.807, 2.05) is 6.07 Å². The number of fused-ring (bicyclic) bond motifs is 1. The third-order valence-corrected chi connectivity index (χ3v) is 2.57. The average molecular weight is 178 g/mol. The normalized spacial score (nSPS) is 21.2. The van der Waals surface area contributed by atoms with Gasteiger partial charge in [-0.05, 0) is 24.5 Å². The van der Waals surface area contributed by atoms with Gasteiger partial charge in [-0.1, -0.05) is 0 Å². The van der Waals surface area contributed by atoms with Gasteiger partial charge in [0.05, 0.1) is 18.0 Å². The predicted molar refractivity (Wildman–Crippen MR) is 51.5 cm³/mol. The number of rotatable bonds is 1. The molecule has 0 amide bonds. The maximum Gasteiger partial charge on any atom is 0.0630 e. The standard InChI is InChI=1S/C10H14N2O/c1-13-9-3-2-7-4-8(11)6-12-10(7)5-9/h4,6,9H,2-3,5,11H2,1H3. The molecule has 2 rings (SSSR count). The van der Waals surface area contributed by atoms with Gasteiger partial charge in [-0.3, -0.25) is 4.98 Å². The molecule has 0 fully saturated rings. The van der Waals surface area contributed by atoms with Crippen molar-refractivity contribution in [2.75, 3.05) is 12.8 Å². The van der Waals surface area contributed by atoms with E-state index in [1.54, 1.807) is 13.3 Å². The zero-order valence-corrected chi connectivity index (χ0v) is 7.79. The zero-order valence-electron chi connectivity index (χ0n) is 7.79. The van der Waals surface area contributed by atoms with Crippen molar-refractivity contribution in [3.63, 3.8) is 0 Å². The van der Waals surface area contributed by atoms with Gasteiger partial charge >= 0.3 is 0 Å². The lowest BCUT2D eigenvalue weighted by Gasteiger charge is -2.22. The van der Waals surface area contributed by atoms with Crippen LogP contribution in [0, 0.1) is 0 Å². The summed E-state index contributed by atoms with van der Waals surface area (Å²) in [5.41, 5.74) is 8.85. The van der Waals surface area contributed by atoms with Crippen LogP contribution in [-0.2, 0) is 17.6 Å². The average Bonchev–Trinajstić information content (AvgIpc) is 2.17. The Hall–Kier alpha value is -1.09. The van der Waals surface area contributed by atoms with Crippen LogP contribution in [0.5, 0.6) is 0 Å². The molecule has 1 unspecified atom stereocenters. The molecule has 0 saturated heterocycles. The molecule has 0 aliphatic heterocycles. The lowest BCUT2D eigenvalue weighted by Crippen LogP contribution is -2.22. The quantitative estimate of drug-likeness (QED) is 0.702. The summed E-state index contributed by atoms with van der Waals surface area (Å²) in [6.07, 6.45) is 5.09. The van der Waals surface area contributed by atoms with E-state index in [2.05, 4.69) is 4.98 Å². The molecule has 0 saturated carbocycles. The van der Waals surface area contributed by atoms with Gasteiger partial charge < -0.3 is 10.5 Å². The molecule has 70 valence electrons. The minimum absolute atomic E-state index is 0.337. The topological polar surface area (TPSA) is 48.1 Å². The van der Waals surface area contributed by atoms with Gasteiger partial charge in [-0.25, -0.2) is 0 Å². The minimum Gasteiger partial charge on any atom is -0.397 e. The van der Waals surface area contributed by atoms with Gasteiger partial charge in [0.2, 0.25) is 0 Å². The molecule has 0 spiro atoms. The van der Waals surface area contributed by atoms with Gasteiger partial charge in [-0.15, -0.1) is 0 Å². The summed E-state index contributed by atoms with van der Waals surface area (Å²) in [6.45, 7) is 0. The molecule has 3 nitrogen and oxygen atoms in total. The Bertz CT molecular complexity index is 312. The molecule has 3 heteroatoms. The smallest absolute Gasteiger partial charge is 0.0630 e. The van der Waals surface area contributed by atoms with Crippen molar-refractivity contribution < 1.29 is 4.74 Å². The van der Waals surface area contributed by atoms with Crippen molar-refractivity contribution in [2.24, 2.45) is 0 Å². The fourth-order valence-electron chi connectivity index (χ4n) is 1.79. The fourth-order valence-corrected chi connectivity index (χ4v) is 1.79. The predicted octanol–water partition coefficient (Wildman–Crippen LogP) is 1.17. The number of ether oxygens (including phenoxy) is 1. The molecule has 0 radical (unpaired) electrons. The van der Waals surface area contributed by atoms with Crippen LogP contribution >= 0.6 is 0 Å². The molecular formula is C10H14N2O. The first kappa shape index (κ1) is 8.51. The van der Waals surface area contributed by atoms with E-state index in [9.17, 15) is 0 Å². The lowest BCUT2D eigenvalue weighted by molar-refractivity contribution is 0.0900. The van der Waals surface area contributed by atoms with Crippen molar-refractivity contribution in [1.82, 2.24) is 4.98 Å². The summed E-state index contributed by atoms with van der Waals surface area (Å²) >= 11 is 0. The van der Waals surface area contributed by atoms with E-state index < -0.39 is 0 Å². The summed E-state index contributed by atoms with van der Waals surface area (Å²) in [5.74, 6) is 0. The Balaban J connectivity index is 2.26. The molecule has 1 heterocycles. The van der Waals surface area contributed by atoms with Crippen LogP contribution in [0.4, 0.5) is 5.69 Å². The van der Waals surface area contributed by atoms with Crippen LogP contribution < -0.4 is 5.73 Å². The monoisotopic (exact) mass is 178 g/mol. The van der Waals surface area contributed by atoms with E-state index in [4.69, 9.17) is 10.5 Å². The minimum atomic E-state index is 0.337. The van der Waals surface area contributed by atoms with Crippen molar-refractivity contribution in [3.05, 3.63) is 23.5 Å². The first-order valence-corrected chi connectivity index (χ1v) is 4.55. The van der Waals surface area contributed by atoms with Crippen LogP contribution in [0.25, 0.3) is 0 Å². The van der Waals surface area contributed by atoms with Gasteiger partial charge in [0, 0.05) is 19.2 Å². The Kier molecular flexibility index (Phi) is 2.19. The number of nitrogens with two attached hydrogens (primary N) is 1. The summed E-state index contributed by atoms with van der Waals surface area (Å²) in [6, 6.07) is 2.02. The Morgan fingerprint density at radius 3 is 3.23 bits per heavy atom. The zero-order chi connectivity index (χ0) is 9.26. The maximum atomic E-state index is 5.66. The number of hydrogen-bond acceptors (Lipinski definition) is 3. The summed E-state index contributed by atoms with van der Waals surface area (Å²) in [7, 11) is 1.76. The summed E-state index contributed by atoms with van der Waals surface area (Å²) in [4.78, 5) is 4.31. The number of nitrogens with zero attached hydrogens (tertiary/aromatic N) is 1. The highest BCUT2D eigenvalue weighted by Crippen LogP contribution is 2.22. The van der Waals surface area contributed by atoms with Crippen LogP contribution in [0.15, 0.2) is 12.3 Å². The van der Waals surface area contributed by atoms with Crippen molar-refractivity contribution in [3.8, 4) is 0 Å². The van der Waals surface area contributed by atoms with Crippen LogP contribution in [0.3, 0.4) is 0 Å². The van der Waals surface area contributed by atoms with E-state index in [0.29, 0.717) is 6.10 Å². The van der Waals surface area contributed by atoms with Crippen LogP contribution in [-0.4, -0.2) is 18.2 Å². The molecule has 1 atom stereocenters. The largest absolute Gasteiger partial charge is 0.397 e. The molecule has 2 N–H and O–H groups in total. The van der Waals surface area contributed by atoms with Crippen LogP contribution in [0.1, 0.15) is 17.7 Å². The van der Waals surface area contributed by atoms with E-state index in [1.165, 1.54) is 5.56 Å². The van der Waals surface area contributed by atoms with Crippen LogP contribution in [0.2, 0.25) is 0 Å². The first-order chi connectivity index (χ1) is 6.29. The Morgan fingerprint density at radius 1 is 1.62 bits per heavy atom. The number of aromatic nitrogens is 1.